The van der Waals surface area contributed by atoms with Gasteiger partial charge in [-0.2, -0.15) is 10.2 Å². The molecule has 1 saturated heterocycles. The number of aromatic nitrogens is 5. The van der Waals surface area contributed by atoms with Crippen LogP contribution in [0.2, 0.25) is 5.02 Å². The van der Waals surface area contributed by atoms with Crippen LogP contribution < -0.4 is 4.74 Å². The van der Waals surface area contributed by atoms with E-state index in [1.165, 1.54) is 0 Å². The first kappa shape index (κ1) is 28.5. The highest BCUT2D eigenvalue weighted by atomic mass is 35.5. The first-order chi connectivity index (χ1) is 20.1. The Morgan fingerprint density at radius 1 is 1.19 bits per heavy atom. The molecule has 1 amide bonds. The maximum atomic E-state index is 12.5. The molecule has 1 aliphatic heterocycles. The number of piperidine rings is 1. The summed E-state index contributed by atoms with van der Waals surface area (Å²) in [5, 5.41) is 19.8. The third-order valence-corrected chi connectivity index (χ3v) is 8.78. The molecular weight excluding hydrogens is 556 g/mol. The van der Waals surface area contributed by atoms with Gasteiger partial charge in [0, 0.05) is 42.3 Å². The summed E-state index contributed by atoms with van der Waals surface area (Å²) >= 11 is 6.49. The molecule has 1 unspecified atom stereocenters. The number of pyridine rings is 2. The van der Waals surface area contributed by atoms with Crippen LogP contribution >= 0.6 is 11.6 Å². The molecule has 1 N–H and O–H groups in total. The molecule has 0 radical (unpaired) electrons. The van der Waals surface area contributed by atoms with Gasteiger partial charge in [-0.15, -0.1) is 0 Å². The number of nitrogens with zero attached hydrogens (tertiary/aromatic N) is 6. The van der Waals surface area contributed by atoms with Crippen LogP contribution in [0.15, 0.2) is 49.1 Å². The lowest BCUT2D eigenvalue weighted by Crippen LogP contribution is -2.50. The molecule has 0 bridgehead atoms. The van der Waals surface area contributed by atoms with Gasteiger partial charge in [-0.3, -0.25) is 9.67 Å². The molecule has 1 aliphatic carbocycles. The number of likely N-dealkylation sites (tertiary alicyclic amines) is 1. The molecule has 42 heavy (non-hydrogen) atoms. The summed E-state index contributed by atoms with van der Waals surface area (Å²) in [6.07, 6.45) is 10.2. The van der Waals surface area contributed by atoms with Gasteiger partial charge < -0.3 is 19.5 Å². The van der Waals surface area contributed by atoms with Crippen molar-refractivity contribution in [2.75, 3.05) is 19.7 Å². The topological polar surface area (TPSA) is 107 Å². The van der Waals surface area contributed by atoms with Gasteiger partial charge in [-0.25, -0.2) is 9.31 Å². The molecule has 1 atom stereocenters. The lowest BCUT2D eigenvalue weighted by atomic mass is 9.60. The summed E-state index contributed by atoms with van der Waals surface area (Å²) < 4.78 is 15.7. The van der Waals surface area contributed by atoms with Crippen molar-refractivity contribution in [2.24, 2.45) is 5.41 Å². The summed E-state index contributed by atoms with van der Waals surface area (Å²) in [6, 6.07) is 7.74. The summed E-state index contributed by atoms with van der Waals surface area (Å²) in [4.78, 5) is 18.7. The van der Waals surface area contributed by atoms with Crippen molar-refractivity contribution in [1.29, 1.82) is 0 Å². The zero-order valence-corrected chi connectivity index (χ0v) is 25.2. The van der Waals surface area contributed by atoms with Gasteiger partial charge in [0.1, 0.15) is 16.9 Å². The highest BCUT2D eigenvalue weighted by molar-refractivity contribution is 6.34. The average Bonchev–Trinajstić information content (AvgIpc) is 3.52. The van der Waals surface area contributed by atoms with Gasteiger partial charge in [0.05, 0.1) is 35.8 Å². The summed E-state index contributed by atoms with van der Waals surface area (Å²) in [7, 11) is 0. The van der Waals surface area contributed by atoms with Crippen molar-refractivity contribution < 1.29 is 19.4 Å². The second-order valence-electron chi connectivity index (χ2n) is 12.5. The maximum Gasteiger partial charge on any atom is 0.410 e. The zero-order chi connectivity index (χ0) is 29.6. The van der Waals surface area contributed by atoms with E-state index in [0.29, 0.717) is 28.0 Å². The van der Waals surface area contributed by atoms with Crippen molar-refractivity contribution in [1.82, 2.24) is 29.3 Å². The fourth-order valence-electron chi connectivity index (χ4n) is 6.28. The average molecular weight is 593 g/mol. The number of carbonyl (C=O) groups is 1. The van der Waals surface area contributed by atoms with Crippen molar-refractivity contribution in [3.63, 3.8) is 0 Å². The number of rotatable bonds is 6. The van der Waals surface area contributed by atoms with Crippen LogP contribution in [0.1, 0.15) is 70.0 Å². The fraction of sp³-hybridized carbons (Fsp3) is 0.484. The third kappa shape index (κ3) is 5.45. The van der Waals surface area contributed by atoms with Gasteiger partial charge in [0.25, 0.3) is 0 Å². The van der Waals surface area contributed by atoms with E-state index in [2.05, 4.69) is 21.7 Å². The van der Waals surface area contributed by atoms with Crippen molar-refractivity contribution in [2.45, 2.75) is 71.1 Å². The lowest BCUT2D eigenvalue weighted by Gasteiger charge is -2.52. The highest BCUT2D eigenvalue weighted by Gasteiger charge is 2.48. The van der Waals surface area contributed by atoms with Crippen molar-refractivity contribution in [3.05, 3.63) is 65.5 Å². The van der Waals surface area contributed by atoms with Crippen LogP contribution in [-0.4, -0.2) is 65.8 Å². The number of hydrogen-bond acceptors (Lipinski definition) is 7. The Balaban J connectivity index is 1.19. The van der Waals surface area contributed by atoms with E-state index in [0.717, 1.165) is 55.6 Å². The minimum atomic E-state index is -0.659. The van der Waals surface area contributed by atoms with Gasteiger partial charge in [0.15, 0.2) is 6.10 Å². The van der Waals surface area contributed by atoms with Gasteiger partial charge >= 0.3 is 6.09 Å². The van der Waals surface area contributed by atoms with E-state index in [4.69, 9.17) is 26.2 Å². The minimum Gasteiger partial charge on any atom is -0.479 e. The van der Waals surface area contributed by atoms with Crippen LogP contribution in [0.3, 0.4) is 0 Å². The molecule has 6 rings (SSSR count). The standard InChI is InChI=1S/C31H37ClN6O4/c1-20-23(16-35-38(20)22-14-31(15-22)8-11-36(12-9-31)29(40)42-30(2,3)4)21-13-26(28-24(32)17-34-37(28)18-21)41-27(19-39)25-7-5-6-10-33-25/h5-7,10,13,16-18,22,27,39H,8-9,11-12,14-15,19H2,1-4H3. The predicted molar refractivity (Wildman–Crippen MR) is 159 cm³/mol. The van der Waals surface area contributed by atoms with Crippen LogP contribution in [0.25, 0.3) is 16.6 Å². The Morgan fingerprint density at radius 2 is 1.95 bits per heavy atom. The molecule has 5 heterocycles. The molecule has 11 heteroatoms. The number of ether oxygens (including phenoxy) is 2. The van der Waals surface area contributed by atoms with Gasteiger partial charge in [-0.1, -0.05) is 17.7 Å². The molecule has 2 fully saturated rings. The largest absolute Gasteiger partial charge is 0.479 e. The number of aliphatic hydroxyl groups is 1. The fourth-order valence-corrected chi connectivity index (χ4v) is 6.51. The van der Waals surface area contributed by atoms with Crippen LogP contribution in [-0.2, 0) is 4.74 Å². The molecule has 1 spiro atoms. The second-order valence-corrected chi connectivity index (χ2v) is 12.9. The quantitative estimate of drug-likeness (QED) is 0.292. The molecule has 4 aromatic heterocycles. The van der Waals surface area contributed by atoms with Crippen LogP contribution in [0, 0.1) is 12.3 Å². The Kier molecular flexibility index (Phi) is 7.39. The molecular formula is C31H37ClN6O4. The Hall–Kier alpha value is -3.63. The molecule has 10 nitrogen and oxygen atoms in total. The Morgan fingerprint density at radius 3 is 2.62 bits per heavy atom. The number of halogens is 1. The Bertz CT molecular complexity index is 1580. The van der Waals surface area contributed by atoms with Crippen LogP contribution in [0.5, 0.6) is 5.75 Å². The normalized spacial score (nSPS) is 17.8. The van der Waals surface area contributed by atoms with E-state index in [1.54, 1.807) is 16.9 Å². The van der Waals surface area contributed by atoms with Gasteiger partial charge in [-0.05, 0) is 77.0 Å². The first-order valence-electron chi connectivity index (χ1n) is 14.4. The number of fused-ring (bicyclic) bond motifs is 1. The molecule has 0 aromatic carbocycles. The molecule has 1 saturated carbocycles. The SMILES string of the molecule is Cc1c(-c2cc(OC(CO)c3ccccn3)c3c(Cl)cnn3c2)cnn1C1CC2(CCN(C(=O)OC(C)(C)C)CC2)C1. The predicted octanol–water partition coefficient (Wildman–Crippen LogP) is 6.02. The second kappa shape index (κ2) is 10.9. The van der Waals surface area contributed by atoms with E-state index in [1.807, 2.05) is 62.3 Å². The van der Waals surface area contributed by atoms with Gasteiger partial charge in [0.2, 0.25) is 0 Å². The number of amides is 1. The van der Waals surface area contributed by atoms with Crippen LogP contribution in [0.4, 0.5) is 4.79 Å². The number of carbonyl (C=O) groups excluding carboxylic acids is 1. The summed E-state index contributed by atoms with van der Waals surface area (Å²) in [5.41, 5.74) is 3.94. The highest BCUT2D eigenvalue weighted by Crippen LogP contribution is 2.55. The van der Waals surface area contributed by atoms with Crippen molar-refractivity contribution in [3.8, 4) is 16.9 Å². The third-order valence-electron chi connectivity index (χ3n) is 8.50. The lowest BCUT2D eigenvalue weighted by molar-refractivity contribution is -0.0262. The zero-order valence-electron chi connectivity index (χ0n) is 24.5. The monoisotopic (exact) mass is 592 g/mol. The minimum absolute atomic E-state index is 0.218. The number of hydrogen-bond donors (Lipinski definition) is 1. The molecule has 2 aliphatic rings. The van der Waals surface area contributed by atoms with E-state index in [9.17, 15) is 9.90 Å². The van der Waals surface area contributed by atoms with E-state index < -0.39 is 11.7 Å². The summed E-state index contributed by atoms with van der Waals surface area (Å²) in [5.74, 6) is 0.506. The van der Waals surface area contributed by atoms with E-state index in [-0.39, 0.29) is 18.1 Å². The number of aliphatic hydroxyl groups excluding tert-OH is 1. The smallest absolute Gasteiger partial charge is 0.410 e. The molecule has 222 valence electrons. The molecule has 4 aromatic rings. The van der Waals surface area contributed by atoms with Crippen molar-refractivity contribution >= 4 is 23.2 Å². The Labute approximate surface area is 250 Å². The van der Waals surface area contributed by atoms with E-state index >= 15 is 0 Å². The summed E-state index contributed by atoms with van der Waals surface area (Å²) in [6.45, 7) is 9.01. The maximum absolute atomic E-state index is 12.5. The first-order valence-corrected chi connectivity index (χ1v) is 14.8.